The molecule has 2 heterocycles. The van der Waals surface area contributed by atoms with Crippen molar-refractivity contribution < 1.29 is 14.3 Å². The van der Waals surface area contributed by atoms with Gasteiger partial charge in [-0.1, -0.05) is 28.7 Å². The Bertz CT molecular complexity index is 1210. The molecule has 0 aliphatic carbocycles. The van der Waals surface area contributed by atoms with Crippen LogP contribution in [0.2, 0.25) is 0 Å². The van der Waals surface area contributed by atoms with Crippen molar-refractivity contribution in [3.63, 3.8) is 0 Å². The molecule has 186 valence electrons. The number of nitrogens with one attached hydrogen (secondary N) is 1. The molecule has 1 amide bonds. The van der Waals surface area contributed by atoms with E-state index < -0.39 is 5.60 Å². The number of carbonyl (C=O) groups is 1. The fourth-order valence-electron chi connectivity index (χ4n) is 4.63. The van der Waals surface area contributed by atoms with Gasteiger partial charge < -0.3 is 24.6 Å². The number of rotatable bonds is 4. The topological polar surface area (TPSA) is 54.0 Å². The highest BCUT2D eigenvalue weighted by atomic mass is 127. The predicted molar refractivity (Wildman–Crippen MR) is 171 cm³/mol. The van der Waals surface area contributed by atoms with E-state index in [-0.39, 0.29) is 53.9 Å². The SMILES string of the molecule is CN(C)c1ccc2c(c1)Oc1cc(N(C)C)ccc1C21OCc2cc(NC(=O)CI)ccc21.I.I. The average molecular weight is 811 g/mol. The van der Waals surface area contributed by atoms with Gasteiger partial charge in [-0.2, -0.15) is 0 Å². The van der Waals surface area contributed by atoms with Gasteiger partial charge in [0.15, 0.2) is 5.60 Å². The first-order chi connectivity index (χ1) is 15.8. The minimum Gasteiger partial charge on any atom is -0.456 e. The molecule has 1 N–H and O–H groups in total. The van der Waals surface area contributed by atoms with Crippen LogP contribution in [0.5, 0.6) is 11.5 Å². The quantitative estimate of drug-likeness (QED) is 0.246. The normalized spacial score (nSPS) is 13.9. The molecule has 5 rings (SSSR count). The van der Waals surface area contributed by atoms with Crippen molar-refractivity contribution in [3.05, 3.63) is 76.9 Å². The fourth-order valence-corrected chi connectivity index (χ4v) is 4.82. The third-order valence-corrected chi connectivity index (χ3v) is 6.97. The minimum absolute atomic E-state index is 0. The maximum Gasteiger partial charge on any atom is 0.234 e. The second-order valence-electron chi connectivity index (χ2n) is 8.78. The van der Waals surface area contributed by atoms with Crippen LogP contribution >= 0.6 is 70.5 Å². The summed E-state index contributed by atoms with van der Waals surface area (Å²) < 4.78 is 13.5. The predicted octanol–water partition coefficient (Wildman–Crippen LogP) is 6.36. The van der Waals surface area contributed by atoms with E-state index in [2.05, 4.69) is 80.2 Å². The van der Waals surface area contributed by atoms with E-state index in [0.29, 0.717) is 11.0 Å². The summed E-state index contributed by atoms with van der Waals surface area (Å²) in [5, 5.41) is 2.95. The summed E-state index contributed by atoms with van der Waals surface area (Å²) in [5.41, 5.74) is 6.26. The van der Waals surface area contributed by atoms with Crippen LogP contribution < -0.4 is 19.9 Å². The van der Waals surface area contributed by atoms with E-state index in [1.54, 1.807) is 0 Å². The molecule has 0 saturated heterocycles. The molecule has 3 aromatic carbocycles. The minimum atomic E-state index is -0.764. The summed E-state index contributed by atoms with van der Waals surface area (Å²) in [7, 11) is 8.08. The Morgan fingerprint density at radius 3 is 1.94 bits per heavy atom. The van der Waals surface area contributed by atoms with E-state index in [1.807, 2.05) is 40.3 Å². The lowest BCUT2D eigenvalue weighted by molar-refractivity contribution is -0.113. The highest BCUT2D eigenvalue weighted by Gasteiger charge is 2.49. The van der Waals surface area contributed by atoms with Crippen molar-refractivity contribution in [1.82, 2.24) is 0 Å². The lowest BCUT2D eigenvalue weighted by Gasteiger charge is -2.38. The number of ether oxygens (including phenoxy) is 2. The molecule has 1 spiro atoms. The van der Waals surface area contributed by atoms with Crippen LogP contribution in [0.25, 0.3) is 0 Å². The van der Waals surface area contributed by atoms with Gasteiger partial charge in [-0.3, -0.25) is 4.79 Å². The molecule has 2 aliphatic heterocycles. The molecule has 0 radical (unpaired) electrons. The zero-order chi connectivity index (χ0) is 23.3. The lowest BCUT2D eigenvalue weighted by atomic mass is 9.77. The number of nitrogens with zero attached hydrogens (tertiary/aromatic N) is 2. The van der Waals surface area contributed by atoms with Crippen molar-refractivity contribution in [2.45, 2.75) is 12.2 Å². The standard InChI is InChI=1S/C26H26IN3O3.2HI/c1-29(2)18-6-9-21-23(12-18)33-24-13-19(30(3)4)7-10-22(24)26(21)20-8-5-17(28-25(31)14-27)11-16(20)15-32-26;;/h5-13H,14-15H2,1-4H3,(H,28,31);2*1H. The number of carbonyl (C=O) groups excluding carboxylic acids is 1. The maximum absolute atomic E-state index is 11.9. The molecular formula is C26H28I3N3O3. The maximum atomic E-state index is 11.9. The summed E-state index contributed by atoms with van der Waals surface area (Å²) >= 11 is 2.06. The Morgan fingerprint density at radius 1 is 0.886 bits per heavy atom. The molecule has 9 heteroatoms. The van der Waals surface area contributed by atoms with E-state index >= 15 is 0 Å². The van der Waals surface area contributed by atoms with Crippen molar-refractivity contribution in [3.8, 4) is 11.5 Å². The van der Waals surface area contributed by atoms with Crippen LogP contribution in [0.3, 0.4) is 0 Å². The second-order valence-corrected chi connectivity index (χ2v) is 9.54. The zero-order valence-corrected chi connectivity index (χ0v) is 26.7. The Balaban J connectivity index is 0.00000171. The van der Waals surface area contributed by atoms with Crippen LogP contribution in [0, 0.1) is 0 Å². The third-order valence-electron chi connectivity index (χ3n) is 6.28. The molecule has 0 atom stereocenters. The molecule has 2 aliphatic rings. The van der Waals surface area contributed by atoms with Gasteiger partial charge in [0.2, 0.25) is 5.91 Å². The Labute approximate surface area is 253 Å². The fraction of sp³-hybridized carbons (Fsp3) is 0.269. The summed E-state index contributed by atoms with van der Waals surface area (Å²) in [6.07, 6.45) is 0. The van der Waals surface area contributed by atoms with E-state index in [4.69, 9.17) is 9.47 Å². The molecular weight excluding hydrogens is 783 g/mol. The highest BCUT2D eigenvalue weighted by Crippen LogP contribution is 2.57. The Kier molecular flexibility index (Phi) is 8.86. The van der Waals surface area contributed by atoms with E-state index in [9.17, 15) is 4.79 Å². The van der Waals surface area contributed by atoms with E-state index in [1.165, 1.54) is 0 Å². The highest BCUT2D eigenvalue weighted by molar-refractivity contribution is 14.1. The van der Waals surface area contributed by atoms with Gasteiger partial charge in [0.1, 0.15) is 11.5 Å². The molecule has 0 unspecified atom stereocenters. The summed E-state index contributed by atoms with van der Waals surface area (Å²) in [6, 6.07) is 18.6. The molecule has 3 aromatic rings. The molecule has 0 saturated carbocycles. The van der Waals surface area contributed by atoms with Crippen molar-refractivity contribution in [2.75, 3.05) is 47.7 Å². The van der Waals surface area contributed by atoms with E-state index in [0.717, 1.165) is 50.8 Å². The number of fused-ring (bicyclic) bond motifs is 6. The van der Waals surface area contributed by atoms with Crippen molar-refractivity contribution >= 4 is 93.5 Å². The third kappa shape index (κ3) is 4.85. The first-order valence-electron chi connectivity index (χ1n) is 10.8. The number of hydrogen-bond acceptors (Lipinski definition) is 5. The number of amides is 1. The van der Waals surface area contributed by atoms with Crippen LogP contribution in [0.1, 0.15) is 22.3 Å². The van der Waals surface area contributed by atoms with Crippen molar-refractivity contribution in [1.29, 1.82) is 0 Å². The van der Waals surface area contributed by atoms with Gasteiger partial charge in [-0.25, -0.2) is 0 Å². The smallest absolute Gasteiger partial charge is 0.234 e. The molecule has 35 heavy (non-hydrogen) atoms. The average Bonchev–Trinajstić information content (AvgIpc) is 3.17. The number of anilines is 3. The number of hydrogen-bond donors (Lipinski definition) is 1. The largest absolute Gasteiger partial charge is 0.456 e. The van der Waals surface area contributed by atoms with Crippen molar-refractivity contribution in [2.24, 2.45) is 0 Å². The van der Waals surface area contributed by atoms with Gasteiger partial charge in [0.25, 0.3) is 0 Å². The number of halogens is 3. The zero-order valence-electron chi connectivity index (χ0n) is 19.9. The van der Waals surface area contributed by atoms with Gasteiger partial charge in [0, 0.05) is 68.5 Å². The second kappa shape index (κ2) is 11.0. The van der Waals surface area contributed by atoms with Crippen LogP contribution in [0.15, 0.2) is 54.6 Å². The Morgan fingerprint density at radius 2 is 1.43 bits per heavy atom. The van der Waals surface area contributed by atoms with Gasteiger partial charge in [-0.15, -0.1) is 48.0 Å². The Hall–Kier alpha value is -1.32. The first kappa shape index (κ1) is 28.3. The summed E-state index contributed by atoms with van der Waals surface area (Å²) in [4.78, 5) is 16.0. The first-order valence-corrected chi connectivity index (χ1v) is 12.3. The van der Waals surface area contributed by atoms with Crippen LogP contribution in [0.4, 0.5) is 17.1 Å². The summed E-state index contributed by atoms with van der Waals surface area (Å²) in [6.45, 7) is 0.451. The molecule has 6 nitrogen and oxygen atoms in total. The van der Waals surface area contributed by atoms with Crippen LogP contribution in [-0.4, -0.2) is 38.5 Å². The number of alkyl halides is 1. The number of benzene rings is 3. The monoisotopic (exact) mass is 811 g/mol. The molecule has 0 bridgehead atoms. The molecule has 0 aromatic heterocycles. The van der Waals surface area contributed by atoms with Crippen LogP contribution in [-0.2, 0) is 21.7 Å². The lowest BCUT2D eigenvalue weighted by Crippen LogP contribution is -2.32. The summed E-state index contributed by atoms with van der Waals surface area (Å²) in [5.74, 6) is 1.57. The van der Waals surface area contributed by atoms with Gasteiger partial charge in [-0.05, 0) is 47.5 Å². The van der Waals surface area contributed by atoms with Gasteiger partial charge in [0.05, 0.1) is 11.0 Å². The molecule has 0 fully saturated rings. The van der Waals surface area contributed by atoms with Gasteiger partial charge >= 0.3 is 0 Å².